The number of sulfone groups is 1. The van der Waals surface area contributed by atoms with Gasteiger partial charge in [0.05, 0.1) is 10.9 Å². The molecule has 2 rings (SSSR count). The normalized spacial score (nSPS) is 14.6. The lowest BCUT2D eigenvalue weighted by atomic mass is 9.97. The van der Waals surface area contributed by atoms with E-state index in [1.54, 1.807) is 26.0 Å². The van der Waals surface area contributed by atoms with Crippen molar-refractivity contribution in [3.63, 3.8) is 0 Å². The summed E-state index contributed by atoms with van der Waals surface area (Å²) >= 11 is 1.46. The first-order chi connectivity index (χ1) is 17.6. The molecule has 0 saturated heterocycles. The molecule has 0 fully saturated rings. The maximum absolute atomic E-state index is 14.2. The quantitative estimate of drug-likeness (QED) is 0.332. The highest BCUT2D eigenvalue weighted by molar-refractivity contribution is 7.98. The Morgan fingerprint density at radius 2 is 1.50 bits per heavy atom. The lowest BCUT2D eigenvalue weighted by Gasteiger charge is -2.29. The van der Waals surface area contributed by atoms with Crippen molar-refractivity contribution in [1.29, 1.82) is 0 Å². The smallest absolute Gasteiger partial charge is 0.368 e. The van der Waals surface area contributed by atoms with E-state index in [1.165, 1.54) is 48.2 Å². The summed E-state index contributed by atoms with van der Waals surface area (Å²) in [5.41, 5.74) is 6.53. The first kappa shape index (κ1) is 31.6. The summed E-state index contributed by atoms with van der Waals surface area (Å²) in [6.07, 6.45) is -1.42. The van der Waals surface area contributed by atoms with Crippen LogP contribution in [0.3, 0.4) is 0 Å². The molecule has 2 unspecified atom stereocenters. The largest absolute Gasteiger partial charge is 0.407 e. The van der Waals surface area contributed by atoms with Gasteiger partial charge in [0.15, 0.2) is 9.84 Å². The van der Waals surface area contributed by atoms with E-state index in [-0.39, 0.29) is 29.2 Å². The Morgan fingerprint density at radius 3 is 1.92 bits per heavy atom. The molecule has 2 aromatic carbocycles. The molecular weight excluding hydrogens is 539 g/mol. The van der Waals surface area contributed by atoms with E-state index in [2.05, 4.69) is 10.6 Å². The second-order valence-electron chi connectivity index (χ2n) is 9.49. The summed E-state index contributed by atoms with van der Waals surface area (Å²) in [7, 11) is -3.37. The van der Waals surface area contributed by atoms with E-state index >= 15 is 0 Å². The molecule has 2 amide bonds. The number of amides is 2. The Hall–Kier alpha value is -2.57. The molecule has 0 aliphatic heterocycles. The monoisotopic (exact) mass is 573 g/mol. The molecule has 4 N–H and O–H groups in total. The standard InChI is InChI=1S/C26H34F3N3O4S2/c1-16(2)15-22(25(34)32-21(24(30)33)13-14-37-3)31-23(26(27,28)29)19-7-5-17(6-8-19)18-9-11-20(12-10-18)38(4,35)36/h5-12,16,21-23,31H,13-15H2,1-4H3,(H2,30,33)(H,32,34)/t21-,22?,23?/m0/s1. The Morgan fingerprint density at radius 1 is 0.974 bits per heavy atom. The molecule has 0 bridgehead atoms. The van der Waals surface area contributed by atoms with E-state index in [0.717, 1.165) is 6.26 Å². The summed E-state index contributed by atoms with van der Waals surface area (Å²) in [5.74, 6) is -1.03. The minimum Gasteiger partial charge on any atom is -0.368 e. The van der Waals surface area contributed by atoms with Crippen LogP contribution >= 0.6 is 11.8 Å². The van der Waals surface area contributed by atoms with Gasteiger partial charge in [-0.25, -0.2) is 8.42 Å². The van der Waals surface area contributed by atoms with Gasteiger partial charge in [0, 0.05) is 6.26 Å². The number of rotatable bonds is 13. The Labute approximate surface area is 226 Å². The summed E-state index contributed by atoms with van der Waals surface area (Å²) in [5, 5.41) is 4.98. The van der Waals surface area contributed by atoms with Crippen molar-refractivity contribution in [1.82, 2.24) is 10.6 Å². The highest BCUT2D eigenvalue weighted by Gasteiger charge is 2.43. The van der Waals surface area contributed by atoms with Gasteiger partial charge in [-0.05, 0) is 59.6 Å². The predicted molar refractivity (Wildman–Crippen MR) is 144 cm³/mol. The van der Waals surface area contributed by atoms with Crippen LogP contribution < -0.4 is 16.4 Å². The summed E-state index contributed by atoms with van der Waals surface area (Å²) in [6, 6.07) is 7.35. The van der Waals surface area contributed by atoms with Crippen LogP contribution in [0.1, 0.15) is 38.3 Å². The number of primary amides is 1. The fourth-order valence-corrected chi connectivity index (χ4v) is 4.96. The molecule has 0 heterocycles. The van der Waals surface area contributed by atoms with E-state index in [0.29, 0.717) is 16.9 Å². The van der Waals surface area contributed by atoms with Gasteiger partial charge in [-0.15, -0.1) is 0 Å². The van der Waals surface area contributed by atoms with Crippen molar-refractivity contribution in [2.45, 2.75) is 55.9 Å². The maximum atomic E-state index is 14.2. The van der Waals surface area contributed by atoms with E-state index in [9.17, 15) is 31.2 Å². The van der Waals surface area contributed by atoms with Crippen molar-refractivity contribution < 1.29 is 31.2 Å². The molecule has 0 aromatic heterocycles. The molecule has 0 spiro atoms. The number of nitrogens with one attached hydrogen (secondary N) is 2. The summed E-state index contributed by atoms with van der Waals surface area (Å²) < 4.78 is 65.9. The van der Waals surface area contributed by atoms with Crippen LogP contribution in [0.15, 0.2) is 53.4 Å². The lowest BCUT2D eigenvalue weighted by Crippen LogP contribution is -2.54. The van der Waals surface area contributed by atoms with Gasteiger partial charge in [-0.3, -0.25) is 14.9 Å². The molecule has 0 radical (unpaired) electrons. The van der Waals surface area contributed by atoms with Crippen molar-refractivity contribution in [2.24, 2.45) is 11.7 Å². The number of hydrogen-bond donors (Lipinski definition) is 3. The molecule has 0 aliphatic rings. The van der Waals surface area contributed by atoms with Gasteiger partial charge < -0.3 is 11.1 Å². The van der Waals surface area contributed by atoms with Crippen LogP contribution in [-0.2, 0) is 19.4 Å². The van der Waals surface area contributed by atoms with Gasteiger partial charge in [0.2, 0.25) is 11.8 Å². The number of nitrogens with two attached hydrogens (primary N) is 1. The van der Waals surface area contributed by atoms with E-state index < -0.39 is 46.0 Å². The van der Waals surface area contributed by atoms with Crippen LogP contribution in [0.2, 0.25) is 0 Å². The van der Waals surface area contributed by atoms with Crippen LogP contribution in [0.4, 0.5) is 13.2 Å². The van der Waals surface area contributed by atoms with Crippen LogP contribution in [0.25, 0.3) is 11.1 Å². The average Bonchev–Trinajstić information content (AvgIpc) is 2.82. The highest BCUT2D eigenvalue weighted by atomic mass is 32.2. The first-order valence-electron chi connectivity index (χ1n) is 11.9. The number of benzene rings is 2. The summed E-state index contributed by atoms with van der Waals surface area (Å²) in [4.78, 5) is 24.9. The van der Waals surface area contributed by atoms with Crippen molar-refractivity contribution in [2.75, 3.05) is 18.3 Å². The molecule has 0 saturated carbocycles. The average molecular weight is 574 g/mol. The lowest BCUT2D eigenvalue weighted by molar-refractivity contribution is -0.161. The molecule has 2 aromatic rings. The summed E-state index contributed by atoms with van der Waals surface area (Å²) in [6.45, 7) is 3.57. The number of thioether (sulfide) groups is 1. The topological polar surface area (TPSA) is 118 Å². The first-order valence-corrected chi connectivity index (χ1v) is 15.2. The van der Waals surface area contributed by atoms with E-state index in [4.69, 9.17) is 5.73 Å². The van der Waals surface area contributed by atoms with Gasteiger partial charge in [0.1, 0.15) is 12.1 Å². The minimum atomic E-state index is -4.71. The zero-order chi connectivity index (χ0) is 28.7. The molecular formula is C26H34F3N3O4S2. The molecule has 210 valence electrons. The van der Waals surface area contributed by atoms with Gasteiger partial charge in [-0.1, -0.05) is 50.2 Å². The van der Waals surface area contributed by atoms with Crippen LogP contribution in [0, 0.1) is 5.92 Å². The number of hydrogen-bond acceptors (Lipinski definition) is 6. The fraction of sp³-hybridized carbons (Fsp3) is 0.462. The molecule has 3 atom stereocenters. The SMILES string of the molecule is CSCC[C@H](NC(=O)C(CC(C)C)NC(c1ccc(-c2ccc(S(C)(=O)=O)cc2)cc1)C(F)(F)F)C(N)=O. The number of carbonyl (C=O) groups excluding carboxylic acids is 2. The molecule has 12 heteroatoms. The zero-order valence-corrected chi connectivity index (χ0v) is 23.3. The Kier molecular flexibility index (Phi) is 11.2. The third-order valence-electron chi connectivity index (χ3n) is 5.85. The van der Waals surface area contributed by atoms with Crippen molar-refractivity contribution >= 4 is 33.4 Å². The molecule has 7 nitrogen and oxygen atoms in total. The molecule has 38 heavy (non-hydrogen) atoms. The fourth-order valence-electron chi connectivity index (χ4n) is 3.86. The maximum Gasteiger partial charge on any atom is 0.407 e. The Bertz CT molecular complexity index is 1190. The Balaban J connectivity index is 2.31. The second kappa shape index (κ2) is 13.5. The third kappa shape index (κ3) is 9.32. The highest BCUT2D eigenvalue weighted by Crippen LogP contribution is 2.35. The van der Waals surface area contributed by atoms with Crippen LogP contribution in [-0.4, -0.2) is 56.8 Å². The zero-order valence-electron chi connectivity index (χ0n) is 21.7. The molecule has 0 aliphatic carbocycles. The number of halogens is 3. The van der Waals surface area contributed by atoms with E-state index in [1.807, 2.05) is 6.26 Å². The number of alkyl halides is 3. The predicted octanol–water partition coefficient (Wildman–Crippen LogP) is 4.09. The van der Waals surface area contributed by atoms with Crippen LogP contribution in [0.5, 0.6) is 0 Å². The number of carbonyl (C=O) groups is 2. The van der Waals surface area contributed by atoms with Gasteiger partial charge in [-0.2, -0.15) is 24.9 Å². The van der Waals surface area contributed by atoms with Gasteiger partial charge in [0.25, 0.3) is 0 Å². The second-order valence-corrected chi connectivity index (χ2v) is 12.5. The van der Waals surface area contributed by atoms with Crippen molar-refractivity contribution in [3.05, 3.63) is 54.1 Å². The third-order valence-corrected chi connectivity index (χ3v) is 7.62. The van der Waals surface area contributed by atoms with Gasteiger partial charge >= 0.3 is 6.18 Å². The van der Waals surface area contributed by atoms with Crippen molar-refractivity contribution in [3.8, 4) is 11.1 Å². The minimum absolute atomic E-state index is 0.0932.